The number of allylic oxidation sites excluding steroid dienone is 2. The van der Waals surface area contributed by atoms with E-state index < -0.39 is 0 Å². The second kappa shape index (κ2) is 10.8. The minimum absolute atomic E-state index is 0.0659. The average molecular weight is 425 g/mol. The van der Waals surface area contributed by atoms with E-state index in [1.807, 2.05) is 36.4 Å². The third-order valence-corrected chi connectivity index (χ3v) is 6.60. The molecule has 0 aromatic heterocycles. The van der Waals surface area contributed by atoms with Crippen molar-refractivity contribution in [3.05, 3.63) is 59.2 Å². The van der Waals surface area contributed by atoms with E-state index in [-0.39, 0.29) is 22.2 Å². The molecule has 0 saturated heterocycles. The minimum Gasteiger partial charge on any atom is -0.370 e. The van der Waals surface area contributed by atoms with Gasteiger partial charge in [-0.3, -0.25) is 4.79 Å². The molecular formula is C29H44O2. The molecule has 0 N–H and O–H groups in total. The van der Waals surface area contributed by atoms with Crippen molar-refractivity contribution in [3.63, 3.8) is 0 Å². The summed E-state index contributed by atoms with van der Waals surface area (Å²) in [7, 11) is 0. The predicted octanol–water partition coefficient (Wildman–Crippen LogP) is 8.33. The van der Waals surface area contributed by atoms with Crippen LogP contribution < -0.4 is 0 Å². The smallest absolute Gasteiger partial charge is 0.192 e. The van der Waals surface area contributed by atoms with Crippen molar-refractivity contribution in [2.24, 2.45) is 10.8 Å². The van der Waals surface area contributed by atoms with E-state index in [9.17, 15) is 4.79 Å². The van der Waals surface area contributed by atoms with E-state index in [4.69, 9.17) is 4.74 Å². The van der Waals surface area contributed by atoms with Crippen LogP contribution in [0.15, 0.2) is 53.6 Å². The van der Waals surface area contributed by atoms with Gasteiger partial charge in [-0.15, -0.1) is 0 Å². The van der Waals surface area contributed by atoms with Crippen molar-refractivity contribution in [3.8, 4) is 0 Å². The maximum absolute atomic E-state index is 13.4. The van der Waals surface area contributed by atoms with Crippen LogP contribution in [0.3, 0.4) is 0 Å². The third-order valence-electron chi connectivity index (χ3n) is 6.60. The van der Waals surface area contributed by atoms with Crippen LogP contribution in [0.25, 0.3) is 0 Å². The van der Waals surface area contributed by atoms with Crippen molar-refractivity contribution in [2.75, 3.05) is 6.61 Å². The van der Waals surface area contributed by atoms with Gasteiger partial charge in [0.2, 0.25) is 0 Å². The normalized spacial score (nSPS) is 19.7. The fraction of sp³-hybridized carbons (Fsp3) is 0.621. The first-order valence-electron chi connectivity index (χ1n) is 12.2. The molecule has 0 radical (unpaired) electrons. The molecule has 1 unspecified atom stereocenters. The fourth-order valence-corrected chi connectivity index (χ4v) is 4.33. The Hall–Kier alpha value is -1.67. The first-order valence-corrected chi connectivity index (χ1v) is 12.2. The lowest BCUT2D eigenvalue weighted by Crippen LogP contribution is -2.47. The van der Waals surface area contributed by atoms with Crippen LogP contribution in [0.5, 0.6) is 0 Å². The number of Topliss-reactive ketones (excluding diaryl/α,β-unsaturated/α-hetero) is 1. The average Bonchev–Trinajstić information content (AvgIpc) is 2.71. The molecule has 172 valence electrons. The molecule has 0 saturated carbocycles. The topological polar surface area (TPSA) is 26.3 Å². The van der Waals surface area contributed by atoms with Gasteiger partial charge in [-0.2, -0.15) is 0 Å². The molecule has 1 atom stereocenters. The van der Waals surface area contributed by atoms with E-state index >= 15 is 0 Å². The fourth-order valence-electron chi connectivity index (χ4n) is 4.33. The maximum atomic E-state index is 13.4. The van der Waals surface area contributed by atoms with Gasteiger partial charge in [0, 0.05) is 24.2 Å². The lowest BCUT2D eigenvalue weighted by atomic mass is 9.65. The molecule has 0 bridgehead atoms. The molecule has 0 spiro atoms. The van der Waals surface area contributed by atoms with Gasteiger partial charge in [0.25, 0.3) is 0 Å². The molecule has 2 rings (SSSR count). The monoisotopic (exact) mass is 424 g/mol. The maximum Gasteiger partial charge on any atom is 0.192 e. The number of carbonyl (C=O) groups excluding carboxylic acids is 1. The lowest BCUT2D eigenvalue weighted by molar-refractivity contribution is -0.0848. The highest BCUT2D eigenvalue weighted by Crippen LogP contribution is 2.48. The molecule has 0 heterocycles. The van der Waals surface area contributed by atoms with Crippen LogP contribution in [0.4, 0.5) is 0 Å². The van der Waals surface area contributed by atoms with Gasteiger partial charge in [-0.25, -0.2) is 0 Å². The number of unbranched alkanes of at least 4 members (excludes halogenated alkanes) is 5. The molecule has 0 fully saturated rings. The first-order chi connectivity index (χ1) is 14.5. The SMILES string of the molecule is CCCCCCCCOC1(C(C)(C)C)C=CC(C(=O)c2ccccc2)=C(C(C)(C)C)C1. The molecule has 1 aliphatic rings. The Bertz CT molecular complexity index is 771. The molecule has 2 heteroatoms. The molecule has 0 aliphatic heterocycles. The largest absolute Gasteiger partial charge is 0.370 e. The summed E-state index contributed by atoms with van der Waals surface area (Å²) in [6.07, 6.45) is 12.5. The van der Waals surface area contributed by atoms with Crippen molar-refractivity contribution >= 4 is 5.78 Å². The Kier molecular flexibility index (Phi) is 8.89. The van der Waals surface area contributed by atoms with Crippen molar-refractivity contribution < 1.29 is 9.53 Å². The lowest BCUT2D eigenvalue weighted by Gasteiger charge is -2.47. The highest BCUT2D eigenvalue weighted by molar-refractivity contribution is 6.11. The number of rotatable bonds is 10. The van der Waals surface area contributed by atoms with Gasteiger partial charge < -0.3 is 4.74 Å². The summed E-state index contributed by atoms with van der Waals surface area (Å²) in [4.78, 5) is 13.4. The zero-order chi connectivity index (χ0) is 23.1. The van der Waals surface area contributed by atoms with Crippen LogP contribution in [0.1, 0.15) is 104 Å². The first kappa shape index (κ1) is 25.6. The van der Waals surface area contributed by atoms with Crippen molar-refractivity contribution in [1.29, 1.82) is 0 Å². The molecule has 1 aromatic rings. The Morgan fingerprint density at radius 2 is 1.55 bits per heavy atom. The summed E-state index contributed by atoms with van der Waals surface area (Å²) in [5.74, 6) is 0.111. The Balaban J connectivity index is 2.25. The Morgan fingerprint density at radius 1 is 0.935 bits per heavy atom. The van der Waals surface area contributed by atoms with E-state index in [1.54, 1.807) is 0 Å². The molecule has 1 aromatic carbocycles. The summed E-state index contributed by atoms with van der Waals surface area (Å²) in [6, 6.07) is 9.63. The van der Waals surface area contributed by atoms with E-state index in [2.05, 4.69) is 54.5 Å². The van der Waals surface area contributed by atoms with Gasteiger partial charge in [-0.05, 0) is 17.3 Å². The standard InChI is InChI=1S/C29H44O2/c1-8-9-10-11-12-16-21-31-29(28(5,6)7)20-19-24(25(22-29)27(2,3)4)26(30)23-17-14-13-15-18-23/h13-15,17-20H,8-12,16,21-22H2,1-7H3. The van der Waals surface area contributed by atoms with Gasteiger partial charge >= 0.3 is 0 Å². The van der Waals surface area contributed by atoms with Crippen LogP contribution in [0.2, 0.25) is 0 Å². The number of benzene rings is 1. The third kappa shape index (κ3) is 6.65. The van der Waals surface area contributed by atoms with Gasteiger partial charge in [0.15, 0.2) is 5.78 Å². The van der Waals surface area contributed by atoms with Crippen LogP contribution in [-0.2, 0) is 4.74 Å². The van der Waals surface area contributed by atoms with E-state index in [1.165, 1.54) is 37.7 Å². The number of hydrogen-bond acceptors (Lipinski definition) is 2. The highest BCUT2D eigenvalue weighted by atomic mass is 16.5. The zero-order valence-corrected chi connectivity index (χ0v) is 21.0. The molecule has 1 aliphatic carbocycles. The molecular weight excluding hydrogens is 380 g/mol. The van der Waals surface area contributed by atoms with Crippen molar-refractivity contribution in [2.45, 2.75) is 99.0 Å². The van der Waals surface area contributed by atoms with Gasteiger partial charge in [0.05, 0.1) is 5.60 Å². The molecule has 2 nitrogen and oxygen atoms in total. The number of carbonyl (C=O) groups is 1. The second-order valence-electron chi connectivity index (χ2n) is 11.1. The summed E-state index contributed by atoms with van der Waals surface area (Å²) in [5.41, 5.74) is 2.22. The minimum atomic E-state index is -0.389. The van der Waals surface area contributed by atoms with Crippen LogP contribution in [0, 0.1) is 10.8 Å². The molecule has 31 heavy (non-hydrogen) atoms. The van der Waals surface area contributed by atoms with E-state index in [0.29, 0.717) is 0 Å². The summed E-state index contributed by atoms with van der Waals surface area (Å²) < 4.78 is 6.67. The number of ketones is 1. The summed E-state index contributed by atoms with van der Waals surface area (Å²) >= 11 is 0. The van der Waals surface area contributed by atoms with Crippen molar-refractivity contribution in [1.82, 2.24) is 0 Å². The molecule has 0 amide bonds. The quantitative estimate of drug-likeness (QED) is 0.279. The number of ether oxygens (including phenoxy) is 1. The zero-order valence-electron chi connectivity index (χ0n) is 21.0. The Morgan fingerprint density at radius 3 is 2.13 bits per heavy atom. The summed E-state index contributed by atoms with van der Waals surface area (Å²) in [6.45, 7) is 16.4. The van der Waals surface area contributed by atoms with Gasteiger partial charge in [0.1, 0.15) is 0 Å². The van der Waals surface area contributed by atoms with Crippen LogP contribution >= 0.6 is 0 Å². The predicted molar refractivity (Wildman–Crippen MR) is 133 cm³/mol. The Labute approximate surface area is 191 Å². The number of hydrogen-bond donors (Lipinski definition) is 0. The highest BCUT2D eigenvalue weighted by Gasteiger charge is 2.45. The van der Waals surface area contributed by atoms with Gasteiger partial charge in [-0.1, -0.05) is 129 Å². The second-order valence-corrected chi connectivity index (χ2v) is 11.1. The van der Waals surface area contributed by atoms with Crippen LogP contribution in [-0.4, -0.2) is 18.0 Å². The van der Waals surface area contributed by atoms with E-state index in [0.717, 1.165) is 30.6 Å². The summed E-state index contributed by atoms with van der Waals surface area (Å²) in [5, 5.41) is 0.